The van der Waals surface area contributed by atoms with Gasteiger partial charge in [-0.2, -0.15) is 0 Å². The first kappa shape index (κ1) is 15.2. The van der Waals surface area contributed by atoms with Crippen LogP contribution in [0.2, 0.25) is 5.02 Å². The Morgan fingerprint density at radius 3 is 2.80 bits per heavy atom. The Labute approximate surface area is 128 Å². The van der Waals surface area contributed by atoms with E-state index in [0.29, 0.717) is 5.02 Å². The molecule has 2 aromatic rings. The predicted octanol–water partition coefficient (Wildman–Crippen LogP) is 3.76. The van der Waals surface area contributed by atoms with Crippen LogP contribution >= 0.6 is 23.4 Å². The van der Waals surface area contributed by atoms with E-state index < -0.39 is 0 Å². The van der Waals surface area contributed by atoms with E-state index in [1.807, 2.05) is 25.2 Å². The van der Waals surface area contributed by atoms with Crippen molar-refractivity contribution in [1.29, 1.82) is 0 Å². The highest BCUT2D eigenvalue weighted by Gasteiger charge is 2.06. The van der Waals surface area contributed by atoms with Gasteiger partial charge in [0.2, 0.25) is 0 Å². The molecule has 1 aromatic heterocycles. The van der Waals surface area contributed by atoms with E-state index in [2.05, 4.69) is 22.4 Å². The fraction of sp³-hybridized carbons (Fsp3) is 0.267. The van der Waals surface area contributed by atoms with Gasteiger partial charge in [-0.1, -0.05) is 17.7 Å². The second kappa shape index (κ2) is 7.53. The molecule has 0 aliphatic heterocycles. The van der Waals surface area contributed by atoms with Gasteiger partial charge in [0.05, 0.1) is 17.2 Å². The van der Waals surface area contributed by atoms with Gasteiger partial charge in [-0.3, -0.25) is 0 Å². The molecule has 0 saturated carbocycles. The number of hydrogen-bond donors (Lipinski definition) is 1. The van der Waals surface area contributed by atoms with Gasteiger partial charge in [-0.15, -0.1) is 11.8 Å². The summed E-state index contributed by atoms with van der Waals surface area (Å²) in [6.45, 7) is 0.848. The van der Waals surface area contributed by atoms with E-state index in [1.54, 1.807) is 25.1 Å². The average Bonchev–Trinajstić information content (AvgIpc) is 2.47. The summed E-state index contributed by atoms with van der Waals surface area (Å²) in [6.07, 6.45) is 1.67. The number of benzene rings is 1. The van der Waals surface area contributed by atoms with E-state index in [9.17, 15) is 0 Å². The van der Waals surface area contributed by atoms with Gasteiger partial charge in [-0.25, -0.2) is 4.98 Å². The van der Waals surface area contributed by atoms with Crippen molar-refractivity contribution in [1.82, 2.24) is 10.3 Å². The Balaban J connectivity index is 2.10. The summed E-state index contributed by atoms with van der Waals surface area (Å²) in [4.78, 5) is 4.29. The highest BCUT2D eigenvalue weighted by molar-refractivity contribution is 7.98. The van der Waals surface area contributed by atoms with Crippen LogP contribution in [0.15, 0.2) is 41.6 Å². The zero-order valence-electron chi connectivity index (χ0n) is 11.5. The SMILES string of the molecule is CNCc1ccc(OC)c(CSc2ccc(Cl)cn2)c1. The molecule has 1 aromatic carbocycles. The maximum Gasteiger partial charge on any atom is 0.122 e. The van der Waals surface area contributed by atoms with E-state index in [-0.39, 0.29) is 0 Å². The number of thioether (sulfide) groups is 1. The van der Waals surface area contributed by atoms with Crippen LogP contribution in [0.5, 0.6) is 5.75 Å². The van der Waals surface area contributed by atoms with Gasteiger partial charge in [-0.05, 0) is 36.9 Å². The topological polar surface area (TPSA) is 34.1 Å². The van der Waals surface area contributed by atoms with E-state index in [0.717, 1.165) is 23.1 Å². The number of methoxy groups -OCH3 is 1. The van der Waals surface area contributed by atoms with Gasteiger partial charge in [0.15, 0.2) is 0 Å². The molecule has 3 nitrogen and oxygen atoms in total. The molecule has 1 heterocycles. The minimum atomic E-state index is 0.656. The summed E-state index contributed by atoms with van der Waals surface area (Å²) in [7, 11) is 3.64. The summed E-state index contributed by atoms with van der Waals surface area (Å²) >= 11 is 7.50. The summed E-state index contributed by atoms with van der Waals surface area (Å²) in [5.41, 5.74) is 2.41. The molecule has 0 radical (unpaired) electrons. The molecule has 0 saturated heterocycles. The molecular formula is C15H17ClN2OS. The molecule has 0 aliphatic rings. The normalized spacial score (nSPS) is 10.6. The number of nitrogens with zero attached hydrogens (tertiary/aromatic N) is 1. The molecule has 1 N–H and O–H groups in total. The molecule has 0 fully saturated rings. The molecule has 2 rings (SSSR count). The van der Waals surface area contributed by atoms with E-state index in [4.69, 9.17) is 16.3 Å². The minimum Gasteiger partial charge on any atom is -0.496 e. The highest BCUT2D eigenvalue weighted by Crippen LogP contribution is 2.28. The standard InChI is InChI=1S/C15H17ClN2OS/c1-17-8-11-3-5-14(19-2)12(7-11)10-20-15-6-4-13(16)9-18-15/h3-7,9,17H,8,10H2,1-2H3. The minimum absolute atomic E-state index is 0.656. The third-order valence-corrected chi connectivity index (χ3v) is 4.02. The lowest BCUT2D eigenvalue weighted by Gasteiger charge is -2.10. The third kappa shape index (κ3) is 4.13. The fourth-order valence-electron chi connectivity index (χ4n) is 1.86. The van der Waals surface area contributed by atoms with Gasteiger partial charge in [0.1, 0.15) is 5.75 Å². The van der Waals surface area contributed by atoms with Crippen molar-refractivity contribution in [2.45, 2.75) is 17.3 Å². The van der Waals surface area contributed by atoms with Crippen molar-refractivity contribution < 1.29 is 4.74 Å². The smallest absolute Gasteiger partial charge is 0.122 e. The molecule has 0 atom stereocenters. The van der Waals surface area contributed by atoms with Gasteiger partial charge >= 0.3 is 0 Å². The number of aromatic nitrogens is 1. The number of nitrogens with one attached hydrogen (secondary N) is 1. The molecule has 0 unspecified atom stereocenters. The third-order valence-electron chi connectivity index (χ3n) is 2.80. The predicted molar refractivity (Wildman–Crippen MR) is 84.6 cm³/mol. The largest absolute Gasteiger partial charge is 0.496 e. The number of hydrogen-bond acceptors (Lipinski definition) is 4. The Morgan fingerprint density at radius 1 is 1.30 bits per heavy atom. The van der Waals surface area contributed by atoms with Gasteiger partial charge in [0, 0.05) is 24.1 Å². The van der Waals surface area contributed by atoms with Crippen LogP contribution in [0.25, 0.3) is 0 Å². The maximum atomic E-state index is 5.83. The first-order valence-electron chi connectivity index (χ1n) is 6.27. The monoisotopic (exact) mass is 308 g/mol. The highest BCUT2D eigenvalue weighted by atomic mass is 35.5. The lowest BCUT2D eigenvalue weighted by Crippen LogP contribution is -2.05. The quantitative estimate of drug-likeness (QED) is 0.824. The second-order valence-corrected chi connectivity index (χ2v) is 5.71. The molecule has 0 bridgehead atoms. The molecule has 0 aliphatic carbocycles. The first-order valence-corrected chi connectivity index (χ1v) is 7.64. The lowest BCUT2D eigenvalue weighted by molar-refractivity contribution is 0.411. The fourth-order valence-corrected chi connectivity index (χ4v) is 2.79. The zero-order valence-corrected chi connectivity index (χ0v) is 13.1. The average molecular weight is 309 g/mol. The van der Waals surface area contributed by atoms with Crippen LogP contribution in [0.4, 0.5) is 0 Å². The Kier molecular flexibility index (Phi) is 5.71. The maximum absolute atomic E-state index is 5.83. The number of halogens is 1. The van der Waals surface area contributed by atoms with Crippen molar-refractivity contribution in [3.63, 3.8) is 0 Å². The van der Waals surface area contributed by atoms with E-state index >= 15 is 0 Å². The molecule has 106 valence electrons. The number of rotatable bonds is 6. The molecule has 5 heteroatoms. The van der Waals surface area contributed by atoms with Crippen molar-refractivity contribution in [2.75, 3.05) is 14.2 Å². The molecule has 0 amide bonds. The van der Waals surface area contributed by atoms with E-state index in [1.165, 1.54) is 11.1 Å². The van der Waals surface area contributed by atoms with Crippen LogP contribution < -0.4 is 10.1 Å². The summed E-state index contributed by atoms with van der Waals surface area (Å²) < 4.78 is 5.41. The van der Waals surface area contributed by atoms with Crippen LogP contribution in [-0.4, -0.2) is 19.1 Å². The van der Waals surface area contributed by atoms with Crippen LogP contribution in [0, 0.1) is 0 Å². The summed E-state index contributed by atoms with van der Waals surface area (Å²) in [5, 5.41) is 4.76. The van der Waals surface area contributed by atoms with Crippen molar-refractivity contribution in [3.05, 3.63) is 52.7 Å². The second-order valence-electron chi connectivity index (χ2n) is 4.28. The van der Waals surface area contributed by atoms with Crippen LogP contribution in [0.3, 0.4) is 0 Å². The number of ether oxygens (including phenoxy) is 1. The Bertz CT molecular complexity index is 560. The molecule has 20 heavy (non-hydrogen) atoms. The first-order chi connectivity index (χ1) is 9.72. The zero-order chi connectivity index (χ0) is 14.4. The van der Waals surface area contributed by atoms with Crippen molar-refractivity contribution in [3.8, 4) is 5.75 Å². The summed E-state index contributed by atoms with van der Waals surface area (Å²) in [5.74, 6) is 1.72. The van der Waals surface area contributed by atoms with Crippen LogP contribution in [-0.2, 0) is 12.3 Å². The molecule has 0 spiro atoms. The van der Waals surface area contributed by atoms with Crippen molar-refractivity contribution in [2.24, 2.45) is 0 Å². The van der Waals surface area contributed by atoms with Gasteiger partial charge < -0.3 is 10.1 Å². The van der Waals surface area contributed by atoms with Crippen molar-refractivity contribution >= 4 is 23.4 Å². The summed E-state index contributed by atoms with van der Waals surface area (Å²) in [6, 6.07) is 10.0. The van der Waals surface area contributed by atoms with Gasteiger partial charge in [0.25, 0.3) is 0 Å². The lowest BCUT2D eigenvalue weighted by atomic mass is 10.1. The molecular weight excluding hydrogens is 292 g/mol. The Hall–Kier alpha value is -1.23. The van der Waals surface area contributed by atoms with Crippen LogP contribution in [0.1, 0.15) is 11.1 Å². The number of pyridine rings is 1. The Morgan fingerprint density at radius 2 is 2.15 bits per heavy atom.